The minimum absolute atomic E-state index is 0.169. The molecule has 86 valence electrons. The topological polar surface area (TPSA) is 26.3 Å². The molecule has 0 aliphatic heterocycles. The molecule has 1 unspecified atom stereocenters. The molecule has 2 aromatic rings. The standard InChI is InChI=1S/C14H13O2P/c15-17-16-14(13-9-5-2-6-10-13)11-12-7-3-1-4-8-12/h1-10,14H,11H2. The normalized spacial score (nSPS) is 12.5. The van der Waals surface area contributed by atoms with Crippen LogP contribution >= 0.6 is 8.69 Å². The van der Waals surface area contributed by atoms with Crippen molar-refractivity contribution in [1.29, 1.82) is 0 Å². The van der Waals surface area contributed by atoms with Gasteiger partial charge in [-0.05, 0) is 11.1 Å². The van der Waals surface area contributed by atoms with Gasteiger partial charge in [0.15, 0.2) is 0 Å². The van der Waals surface area contributed by atoms with E-state index < -0.39 is 0 Å². The number of benzene rings is 2. The molecule has 2 rings (SSSR count). The first kappa shape index (κ1) is 12.0. The molecule has 2 aromatic carbocycles. The highest BCUT2D eigenvalue weighted by Crippen LogP contribution is 2.25. The van der Waals surface area contributed by atoms with E-state index in [2.05, 4.69) is 0 Å². The Labute approximate surface area is 103 Å². The van der Waals surface area contributed by atoms with Gasteiger partial charge in [0, 0.05) is 6.42 Å². The molecule has 0 bridgehead atoms. The molecule has 0 saturated carbocycles. The highest BCUT2D eigenvalue weighted by molar-refractivity contribution is 7.17. The van der Waals surface area contributed by atoms with E-state index in [9.17, 15) is 4.57 Å². The molecular formula is C14H13O2P. The van der Waals surface area contributed by atoms with Gasteiger partial charge in [-0.25, -0.2) is 4.57 Å². The zero-order valence-corrected chi connectivity index (χ0v) is 10.2. The second kappa shape index (κ2) is 6.29. The van der Waals surface area contributed by atoms with E-state index >= 15 is 0 Å². The average molecular weight is 244 g/mol. The lowest BCUT2D eigenvalue weighted by atomic mass is 10.0. The van der Waals surface area contributed by atoms with Crippen LogP contribution in [-0.2, 0) is 15.5 Å². The van der Waals surface area contributed by atoms with Crippen molar-refractivity contribution in [3.63, 3.8) is 0 Å². The van der Waals surface area contributed by atoms with Gasteiger partial charge < -0.3 is 0 Å². The predicted molar refractivity (Wildman–Crippen MR) is 68.0 cm³/mol. The zero-order valence-electron chi connectivity index (χ0n) is 9.32. The van der Waals surface area contributed by atoms with Crippen LogP contribution in [0.15, 0.2) is 60.7 Å². The lowest BCUT2D eigenvalue weighted by molar-refractivity contribution is 0.229. The zero-order chi connectivity index (χ0) is 11.9. The maximum absolute atomic E-state index is 10.7. The van der Waals surface area contributed by atoms with Gasteiger partial charge in [-0.3, -0.25) is 4.52 Å². The molecule has 0 radical (unpaired) electrons. The molecule has 0 aromatic heterocycles. The molecule has 1 atom stereocenters. The fourth-order valence-electron chi connectivity index (χ4n) is 1.76. The Balaban J connectivity index is 2.16. The van der Waals surface area contributed by atoms with E-state index in [4.69, 9.17) is 4.52 Å². The van der Waals surface area contributed by atoms with Crippen LogP contribution in [0.4, 0.5) is 0 Å². The van der Waals surface area contributed by atoms with Crippen LogP contribution in [0.1, 0.15) is 17.2 Å². The van der Waals surface area contributed by atoms with Crippen LogP contribution < -0.4 is 0 Å². The monoisotopic (exact) mass is 244 g/mol. The van der Waals surface area contributed by atoms with Gasteiger partial charge in [-0.2, -0.15) is 0 Å². The van der Waals surface area contributed by atoms with E-state index in [0.717, 1.165) is 12.0 Å². The Morgan fingerprint density at radius 3 is 2.12 bits per heavy atom. The van der Waals surface area contributed by atoms with Crippen LogP contribution in [0, 0.1) is 0 Å². The Bertz CT molecular complexity index is 456. The predicted octanol–water partition coefficient (Wildman–Crippen LogP) is 4.19. The summed E-state index contributed by atoms with van der Waals surface area (Å²) in [6.45, 7) is 0. The molecule has 0 heterocycles. The molecule has 0 fully saturated rings. The van der Waals surface area contributed by atoms with Crippen LogP contribution in [0.25, 0.3) is 0 Å². The van der Waals surface area contributed by atoms with Gasteiger partial charge in [0.1, 0.15) is 6.10 Å². The van der Waals surface area contributed by atoms with Crippen LogP contribution in [-0.4, -0.2) is 0 Å². The number of rotatable bonds is 5. The van der Waals surface area contributed by atoms with E-state index in [-0.39, 0.29) is 14.8 Å². The molecule has 0 aliphatic carbocycles. The van der Waals surface area contributed by atoms with Crippen molar-refractivity contribution in [1.82, 2.24) is 0 Å². The van der Waals surface area contributed by atoms with E-state index in [0.29, 0.717) is 0 Å². The van der Waals surface area contributed by atoms with Crippen molar-refractivity contribution in [2.45, 2.75) is 12.5 Å². The van der Waals surface area contributed by atoms with Gasteiger partial charge in [-0.1, -0.05) is 60.7 Å². The molecule has 3 heteroatoms. The Kier molecular flexibility index (Phi) is 4.43. The molecule has 2 nitrogen and oxygen atoms in total. The quantitative estimate of drug-likeness (QED) is 0.737. The summed E-state index contributed by atoms with van der Waals surface area (Å²) in [5.74, 6) is 0. The Morgan fingerprint density at radius 1 is 0.941 bits per heavy atom. The summed E-state index contributed by atoms with van der Waals surface area (Å²) >= 11 is 0. The second-order valence-electron chi connectivity index (χ2n) is 3.77. The lowest BCUT2D eigenvalue weighted by Crippen LogP contribution is -2.02. The van der Waals surface area contributed by atoms with Crippen LogP contribution in [0.3, 0.4) is 0 Å². The summed E-state index contributed by atoms with van der Waals surface area (Å²) in [6, 6.07) is 19.9. The SMILES string of the molecule is O=POC(Cc1ccccc1)c1ccccc1. The molecule has 0 spiro atoms. The fourth-order valence-corrected chi connectivity index (χ4v) is 2.06. The first-order valence-electron chi connectivity index (χ1n) is 5.47. The average Bonchev–Trinajstić information content (AvgIpc) is 2.40. The smallest absolute Gasteiger partial charge is 0.286 e. The Morgan fingerprint density at radius 2 is 1.53 bits per heavy atom. The van der Waals surface area contributed by atoms with Gasteiger partial charge >= 0.3 is 8.69 Å². The van der Waals surface area contributed by atoms with E-state index in [1.807, 2.05) is 60.7 Å². The van der Waals surface area contributed by atoms with Crippen molar-refractivity contribution in [2.75, 3.05) is 0 Å². The first-order valence-corrected chi connectivity index (χ1v) is 6.20. The molecule has 17 heavy (non-hydrogen) atoms. The molecule has 0 amide bonds. The van der Waals surface area contributed by atoms with Gasteiger partial charge in [0.25, 0.3) is 0 Å². The molecule has 0 N–H and O–H groups in total. The Hall–Kier alpha value is -1.50. The second-order valence-corrected chi connectivity index (χ2v) is 4.13. The summed E-state index contributed by atoms with van der Waals surface area (Å²) in [4.78, 5) is 0. The van der Waals surface area contributed by atoms with Crippen molar-refractivity contribution in [2.24, 2.45) is 0 Å². The lowest BCUT2D eigenvalue weighted by Gasteiger charge is -2.13. The maximum Gasteiger partial charge on any atom is 0.327 e. The fraction of sp³-hybridized carbons (Fsp3) is 0.143. The molecule has 0 saturated heterocycles. The van der Waals surface area contributed by atoms with Crippen LogP contribution in [0.2, 0.25) is 0 Å². The third-order valence-electron chi connectivity index (χ3n) is 2.61. The number of hydrogen-bond acceptors (Lipinski definition) is 2. The summed E-state index contributed by atoms with van der Waals surface area (Å²) in [5.41, 5.74) is 2.21. The first-order chi connectivity index (χ1) is 8.40. The van der Waals surface area contributed by atoms with E-state index in [1.54, 1.807) is 0 Å². The van der Waals surface area contributed by atoms with Crippen LogP contribution in [0.5, 0.6) is 0 Å². The van der Waals surface area contributed by atoms with Gasteiger partial charge in [-0.15, -0.1) is 0 Å². The largest absolute Gasteiger partial charge is 0.327 e. The van der Waals surface area contributed by atoms with Crippen molar-refractivity contribution < 1.29 is 9.09 Å². The third kappa shape index (κ3) is 3.48. The molecule has 0 aliphatic rings. The van der Waals surface area contributed by atoms with Gasteiger partial charge in [0.05, 0.1) is 0 Å². The summed E-state index contributed by atoms with van der Waals surface area (Å²) in [6.07, 6.45) is 0.554. The minimum Gasteiger partial charge on any atom is -0.286 e. The minimum atomic E-state index is -0.280. The summed E-state index contributed by atoms with van der Waals surface area (Å²) < 4.78 is 15.9. The highest BCUT2D eigenvalue weighted by Gasteiger charge is 2.12. The highest BCUT2D eigenvalue weighted by atomic mass is 31.1. The molecular weight excluding hydrogens is 231 g/mol. The number of hydrogen-bond donors (Lipinski definition) is 0. The van der Waals surface area contributed by atoms with Gasteiger partial charge in [0.2, 0.25) is 0 Å². The van der Waals surface area contributed by atoms with Crippen molar-refractivity contribution >= 4 is 8.69 Å². The summed E-state index contributed by atoms with van der Waals surface area (Å²) in [5, 5.41) is 0. The van der Waals surface area contributed by atoms with E-state index in [1.165, 1.54) is 5.56 Å². The van der Waals surface area contributed by atoms with Crippen molar-refractivity contribution in [3.05, 3.63) is 71.8 Å². The van der Waals surface area contributed by atoms with Crippen molar-refractivity contribution in [3.8, 4) is 0 Å². The maximum atomic E-state index is 10.7. The third-order valence-corrected chi connectivity index (χ3v) is 2.95. The summed E-state index contributed by atoms with van der Waals surface area (Å²) in [7, 11) is -0.280.